The van der Waals surface area contributed by atoms with Crippen molar-refractivity contribution < 1.29 is 9.53 Å². The lowest BCUT2D eigenvalue weighted by Crippen LogP contribution is -2.27. The highest BCUT2D eigenvalue weighted by atomic mass is 16.5. The van der Waals surface area contributed by atoms with Crippen molar-refractivity contribution in [3.63, 3.8) is 0 Å². The summed E-state index contributed by atoms with van der Waals surface area (Å²) in [5, 5.41) is 0. The zero-order valence-corrected chi connectivity index (χ0v) is 15.0. The highest BCUT2D eigenvalue weighted by Gasteiger charge is 2.22. The van der Waals surface area contributed by atoms with E-state index in [4.69, 9.17) is 10.5 Å². The minimum atomic E-state index is -0.503. The Balaban J connectivity index is 2.16. The van der Waals surface area contributed by atoms with Gasteiger partial charge in [0.05, 0.1) is 0 Å². The maximum absolute atomic E-state index is 12.7. The number of anilines is 1. The van der Waals surface area contributed by atoms with Gasteiger partial charge in [-0.15, -0.1) is 0 Å². The van der Waals surface area contributed by atoms with Crippen molar-refractivity contribution in [2.75, 3.05) is 5.73 Å². The summed E-state index contributed by atoms with van der Waals surface area (Å²) < 4.78 is 5.85. The van der Waals surface area contributed by atoms with Gasteiger partial charge in [-0.25, -0.2) is 0 Å². The van der Waals surface area contributed by atoms with E-state index in [1.54, 1.807) is 12.1 Å². The molecule has 24 heavy (non-hydrogen) atoms. The first-order chi connectivity index (χ1) is 11.4. The molecule has 0 aliphatic heterocycles. The van der Waals surface area contributed by atoms with Gasteiger partial charge in [-0.1, -0.05) is 58.0 Å². The SMILES string of the molecule is CCC(Oc1cccc(N)c1)C(=O)c1ccc(C(C)(C)CC)cc1. The van der Waals surface area contributed by atoms with Crippen LogP contribution in [0.5, 0.6) is 5.75 Å². The summed E-state index contributed by atoms with van der Waals surface area (Å²) in [7, 11) is 0. The van der Waals surface area contributed by atoms with Gasteiger partial charge in [-0.05, 0) is 36.0 Å². The fraction of sp³-hybridized carbons (Fsp3) is 0.381. The van der Waals surface area contributed by atoms with Gasteiger partial charge in [0.1, 0.15) is 5.75 Å². The minimum Gasteiger partial charge on any atom is -0.482 e. The smallest absolute Gasteiger partial charge is 0.203 e. The fourth-order valence-corrected chi connectivity index (χ4v) is 2.55. The molecule has 0 saturated carbocycles. The Labute approximate surface area is 144 Å². The van der Waals surface area contributed by atoms with E-state index in [9.17, 15) is 4.79 Å². The van der Waals surface area contributed by atoms with Gasteiger partial charge in [0.15, 0.2) is 6.10 Å². The number of carbonyl (C=O) groups excluding carboxylic acids is 1. The predicted octanol–water partition coefficient (Wildman–Crippen LogP) is 5.00. The van der Waals surface area contributed by atoms with Crippen LogP contribution in [0.1, 0.15) is 56.5 Å². The summed E-state index contributed by atoms with van der Waals surface area (Å²) >= 11 is 0. The second-order valence-corrected chi connectivity index (χ2v) is 6.77. The molecule has 0 radical (unpaired) electrons. The van der Waals surface area contributed by atoms with E-state index in [0.29, 0.717) is 23.4 Å². The molecule has 0 aromatic heterocycles. The van der Waals surface area contributed by atoms with Crippen LogP contribution in [0.15, 0.2) is 48.5 Å². The van der Waals surface area contributed by atoms with E-state index in [-0.39, 0.29) is 11.2 Å². The highest BCUT2D eigenvalue weighted by Crippen LogP contribution is 2.27. The Morgan fingerprint density at radius 2 is 1.79 bits per heavy atom. The second-order valence-electron chi connectivity index (χ2n) is 6.77. The first-order valence-corrected chi connectivity index (χ1v) is 8.54. The van der Waals surface area contributed by atoms with Crippen LogP contribution >= 0.6 is 0 Å². The van der Waals surface area contributed by atoms with Gasteiger partial charge in [-0.2, -0.15) is 0 Å². The van der Waals surface area contributed by atoms with Crippen molar-refractivity contribution in [2.45, 2.75) is 52.1 Å². The molecule has 2 N–H and O–H groups in total. The summed E-state index contributed by atoms with van der Waals surface area (Å²) in [5.41, 5.74) is 8.43. The monoisotopic (exact) mass is 325 g/mol. The van der Waals surface area contributed by atoms with Gasteiger partial charge >= 0.3 is 0 Å². The van der Waals surface area contributed by atoms with Crippen LogP contribution < -0.4 is 10.5 Å². The van der Waals surface area contributed by atoms with Crippen molar-refractivity contribution in [1.29, 1.82) is 0 Å². The third kappa shape index (κ3) is 4.16. The number of carbonyl (C=O) groups is 1. The topological polar surface area (TPSA) is 52.3 Å². The third-order valence-electron chi connectivity index (χ3n) is 4.63. The zero-order valence-electron chi connectivity index (χ0n) is 15.0. The molecule has 3 heteroatoms. The van der Waals surface area contributed by atoms with Gasteiger partial charge < -0.3 is 10.5 Å². The van der Waals surface area contributed by atoms with Crippen molar-refractivity contribution in [1.82, 2.24) is 0 Å². The predicted molar refractivity (Wildman–Crippen MR) is 99.7 cm³/mol. The molecule has 0 bridgehead atoms. The normalized spacial score (nSPS) is 12.7. The van der Waals surface area contributed by atoms with Crippen LogP contribution in [0.3, 0.4) is 0 Å². The molecule has 0 aliphatic carbocycles. The maximum atomic E-state index is 12.7. The molecular weight excluding hydrogens is 298 g/mol. The molecule has 2 aromatic carbocycles. The van der Waals surface area contributed by atoms with Gasteiger partial charge in [-0.3, -0.25) is 4.79 Å². The summed E-state index contributed by atoms with van der Waals surface area (Å²) in [6.07, 6.45) is 1.16. The molecule has 0 fully saturated rings. The van der Waals surface area contributed by atoms with Crippen LogP contribution in [-0.4, -0.2) is 11.9 Å². The number of nitrogens with two attached hydrogens (primary N) is 1. The molecule has 1 unspecified atom stereocenters. The second kappa shape index (κ2) is 7.52. The lowest BCUT2D eigenvalue weighted by molar-refractivity contribution is 0.0786. The van der Waals surface area contributed by atoms with Crippen LogP contribution in [0, 0.1) is 0 Å². The van der Waals surface area contributed by atoms with Crippen LogP contribution in [0.25, 0.3) is 0 Å². The quantitative estimate of drug-likeness (QED) is 0.576. The van der Waals surface area contributed by atoms with Gasteiger partial charge in [0.25, 0.3) is 0 Å². The summed E-state index contributed by atoms with van der Waals surface area (Å²) in [6.45, 7) is 8.54. The first-order valence-electron chi connectivity index (χ1n) is 8.54. The average molecular weight is 325 g/mol. The number of hydrogen-bond donors (Lipinski definition) is 1. The molecule has 3 nitrogen and oxygen atoms in total. The van der Waals surface area contributed by atoms with E-state index in [2.05, 4.69) is 20.8 Å². The molecule has 1 atom stereocenters. The van der Waals surface area contributed by atoms with Crippen LogP contribution in [0.2, 0.25) is 0 Å². The number of rotatable bonds is 7. The molecule has 0 saturated heterocycles. The molecule has 2 aromatic rings. The van der Waals surface area contributed by atoms with E-state index >= 15 is 0 Å². The molecule has 128 valence electrons. The summed E-state index contributed by atoms with van der Waals surface area (Å²) in [4.78, 5) is 12.7. The van der Waals surface area contributed by atoms with Crippen molar-refractivity contribution in [3.05, 3.63) is 59.7 Å². The molecular formula is C21H27NO2. The number of nitrogen functional groups attached to an aromatic ring is 1. The Hall–Kier alpha value is -2.29. The summed E-state index contributed by atoms with van der Waals surface area (Å²) in [6, 6.07) is 15.1. The molecule has 0 amide bonds. The van der Waals surface area contributed by atoms with Crippen LogP contribution in [-0.2, 0) is 5.41 Å². The van der Waals surface area contributed by atoms with E-state index in [0.717, 1.165) is 6.42 Å². The number of benzene rings is 2. The number of ether oxygens (including phenoxy) is 1. The Bertz CT molecular complexity index is 689. The summed E-state index contributed by atoms with van der Waals surface area (Å²) in [5.74, 6) is 0.625. The van der Waals surface area contributed by atoms with Crippen LogP contribution in [0.4, 0.5) is 5.69 Å². The lowest BCUT2D eigenvalue weighted by Gasteiger charge is -2.23. The molecule has 0 heterocycles. The Kier molecular flexibility index (Phi) is 5.66. The van der Waals surface area contributed by atoms with Crippen molar-refractivity contribution in [3.8, 4) is 5.75 Å². The van der Waals surface area contributed by atoms with Crippen molar-refractivity contribution >= 4 is 11.5 Å². The van der Waals surface area contributed by atoms with Gasteiger partial charge in [0, 0.05) is 17.3 Å². The van der Waals surface area contributed by atoms with E-state index in [1.165, 1.54) is 5.56 Å². The maximum Gasteiger partial charge on any atom is 0.203 e. The number of hydrogen-bond acceptors (Lipinski definition) is 3. The lowest BCUT2D eigenvalue weighted by atomic mass is 9.82. The largest absolute Gasteiger partial charge is 0.482 e. The zero-order chi connectivity index (χ0) is 17.7. The van der Waals surface area contributed by atoms with E-state index in [1.807, 2.05) is 43.3 Å². The fourth-order valence-electron chi connectivity index (χ4n) is 2.55. The molecule has 2 rings (SSSR count). The van der Waals surface area contributed by atoms with E-state index < -0.39 is 6.10 Å². The average Bonchev–Trinajstić information content (AvgIpc) is 2.59. The van der Waals surface area contributed by atoms with Crippen molar-refractivity contribution in [2.24, 2.45) is 0 Å². The number of ketones is 1. The minimum absolute atomic E-state index is 0.000721. The number of Topliss-reactive ketones (excluding diaryl/α,β-unsaturated/α-hetero) is 1. The third-order valence-corrected chi connectivity index (χ3v) is 4.63. The first kappa shape index (κ1) is 18.1. The standard InChI is InChI=1S/C21H27NO2/c1-5-19(24-18-9-7-8-17(22)14-18)20(23)15-10-12-16(13-11-15)21(3,4)6-2/h7-14,19H,5-6,22H2,1-4H3. The molecule has 0 spiro atoms. The van der Waals surface area contributed by atoms with Gasteiger partial charge in [0.2, 0.25) is 5.78 Å². The highest BCUT2D eigenvalue weighted by molar-refractivity contribution is 5.99. The molecule has 0 aliphatic rings. The Morgan fingerprint density at radius 3 is 2.33 bits per heavy atom. The Morgan fingerprint density at radius 1 is 1.12 bits per heavy atom.